The molecule has 1 aromatic carbocycles. The number of carbonyl (C=O) groups excluding carboxylic acids is 3. The minimum atomic E-state index is -0.470. The van der Waals surface area contributed by atoms with Gasteiger partial charge in [-0.05, 0) is 30.3 Å². The van der Waals surface area contributed by atoms with Crippen LogP contribution in [0.1, 0.15) is 15.2 Å². The van der Waals surface area contributed by atoms with E-state index in [2.05, 4.69) is 10.6 Å². The zero-order valence-electron chi connectivity index (χ0n) is 13.9. The third kappa shape index (κ3) is 6.70. The second-order valence-electron chi connectivity index (χ2n) is 5.07. The van der Waals surface area contributed by atoms with Gasteiger partial charge in [0.1, 0.15) is 0 Å². The lowest BCUT2D eigenvalue weighted by Gasteiger charge is -2.08. The van der Waals surface area contributed by atoms with Gasteiger partial charge in [0, 0.05) is 28.9 Å². The maximum absolute atomic E-state index is 11.9. The molecule has 0 bridgehead atoms. The van der Waals surface area contributed by atoms with Crippen LogP contribution in [0.25, 0.3) is 0 Å². The van der Waals surface area contributed by atoms with E-state index in [0.717, 1.165) is 4.88 Å². The number of benzene rings is 1. The van der Waals surface area contributed by atoms with Gasteiger partial charge in [-0.1, -0.05) is 17.7 Å². The lowest BCUT2D eigenvalue weighted by molar-refractivity contribution is -0.144. The number of carbonyl (C=O) groups is 3. The zero-order chi connectivity index (χ0) is 18.9. The molecule has 9 heteroatoms. The Hall–Kier alpha value is -2.03. The Bertz CT molecular complexity index is 795. The first kappa shape index (κ1) is 20.3. The molecule has 0 aliphatic carbocycles. The van der Waals surface area contributed by atoms with Crippen molar-refractivity contribution < 1.29 is 19.1 Å². The highest BCUT2D eigenvalue weighted by Crippen LogP contribution is 2.25. The summed E-state index contributed by atoms with van der Waals surface area (Å²) in [6.07, 6.45) is 0. The van der Waals surface area contributed by atoms with E-state index in [0.29, 0.717) is 21.3 Å². The highest BCUT2D eigenvalue weighted by Gasteiger charge is 2.10. The fourth-order valence-electron chi connectivity index (χ4n) is 1.93. The highest BCUT2D eigenvalue weighted by atomic mass is 35.5. The van der Waals surface area contributed by atoms with E-state index in [1.54, 1.807) is 24.3 Å². The Morgan fingerprint density at radius 3 is 2.73 bits per heavy atom. The van der Waals surface area contributed by atoms with E-state index in [1.807, 2.05) is 12.1 Å². The molecule has 1 heterocycles. The van der Waals surface area contributed by atoms with E-state index in [9.17, 15) is 14.4 Å². The molecule has 1 aromatic heterocycles. The first-order valence-electron chi connectivity index (χ1n) is 7.57. The van der Waals surface area contributed by atoms with Crippen molar-refractivity contribution >= 4 is 58.2 Å². The van der Waals surface area contributed by atoms with E-state index in [1.165, 1.54) is 30.1 Å². The molecule has 2 rings (SSSR count). The smallest absolute Gasteiger partial charge is 0.316 e. The summed E-state index contributed by atoms with van der Waals surface area (Å²) in [5.74, 6) is -0.383. The summed E-state index contributed by atoms with van der Waals surface area (Å²) in [4.78, 5) is 36.2. The Labute approximate surface area is 164 Å². The number of nitrogens with one attached hydrogen (secondary N) is 2. The minimum Gasteiger partial charge on any atom is -0.455 e. The zero-order valence-corrected chi connectivity index (χ0v) is 16.3. The Morgan fingerprint density at radius 2 is 2.04 bits per heavy atom. The molecule has 0 saturated carbocycles. The number of thioether (sulfide) groups is 1. The first-order valence-corrected chi connectivity index (χ1v) is 9.92. The van der Waals surface area contributed by atoms with E-state index in [-0.39, 0.29) is 18.3 Å². The minimum absolute atomic E-state index is 0.148. The molecular weight excluding hydrogens is 396 g/mol. The predicted molar refractivity (Wildman–Crippen MR) is 105 cm³/mol. The summed E-state index contributed by atoms with van der Waals surface area (Å²) < 4.78 is 5.65. The second kappa shape index (κ2) is 10.2. The quantitative estimate of drug-likeness (QED) is 0.650. The number of halogens is 1. The molecule has 2 N–H and O–H groups in total. The predicted octanol–water partition coefficient (Wildman–Crippen LogP) is 3.18. The van der Waals surface area contributed by atoms with Crippen LogP contribution in [0, 0.1) is 0 Å². The van der Waals surface area contributed by atoms with Crippen molar-refractivity contribution in [1.29, 1.82) is 0 Å². The van der Waals surface area contributed by atoms with E-state index >= 15 is 0 Å². The third-order valence-electron chi connectivity index (χ3n) is 3.09. The maximum Gasteiger partial charge on any atom is 0.316 e. The SMILES string of the molecule is CNC(=O)c1cccc(NC(=O)COC(=O)CSCc2ccc(Cl)s2)c1. The van der Waals surface area contributed by atoms with Gasteiger partial charge in [0.25, 0.3) is 11.8 Å². The lowest BCUT2D eigenvalue weighted by atomic mass is 10.2. The highest BCUT2D eigenvalue weighted by molar-refractivity contribution is 7.99. The summed E-state index contributed by atoms with van der Waals surface area (Å²) in [7, 11) is 1.53. The molecule has 138 valence electrons. The van der Waals surface area contributed by atoms with Gasteiger partial charge in [-0.25, -0.2) is 0 Å². The van der Waals surface area contributed by atoms with Gasteiger partial charge in [0.05, 0.1) is 10.1 Å². The molecule has 6 nitrogen and oxygen atoms in total. The summed E-state index contributed by atoms with van der Waals surface area (Å²) in [6.45, 7) is -0.381. The summed E-state index contributed by atoms with van der Waals surface area (Å²) >= 11 is 8.69. The van der Waals surface area contributed by atoms with Gasteiger partial charge in [-0.3, -0.25) is 14.4 Å². The number of rotatable bonds is 8. The summed E-state index contributed by atoms with van der Waals surface area (Å²) in [5, 5.41) is 5.09. The molecule has 0 saturated heterocycles. The van der Waals surface area contributed by atoms with Crippen molar-refractivity contribution in [3.63, 3.8) is 0 Å². The number of hydrogen-bond acceptors (Lipinski definition) is 6. The van der Waals surface area contributed by atoms with Crippen molar-refractivity contribution in [1.82, 2.24) is 5.32 Å². The average Bonchev–Trinajstić information content (AvgIpc) is 3.04. The Kier molecular flexibility index (Phi) is 7.96. The number of amides is 2. The molecule has 0 spiro atoms. The van der Waals surface area contributed by atoms with Crippen LogP contribution in [0.3, 0.4) is 0 Å². The summed E-state index contributed by atoms with van der Waals surface area (Å²) in [5.41, 5.74) is 0.878. The molecule has 2 amide bonds. The van der Waals surface area contributed by atoms with Crippen molar-refractivity contribution in [2.75, 3.05) is 24.7 Å². The van der Waals surface area contributed by atoms with Crippen LogP contribution in [-0.4, -0.2) is 37.2 Å². The normalized spacial score (nSPS) is 10.2. The largest absolute Gasteiger partial charge is 0.455 e. The van der Waals surface area contributed by atoms with Crippen molar-refractivity contribution in [3.05, 3.63) is 51.2 Å². The molecular formula is C17H17ClN2O4S2. The van der Waals surface area contributed by atoms with E-state index in [4.69, 9.17) is 16.3 Å². The van der Waals surface area contributed by atoms with Crippen molar-refractivity contribution in [2.45, 2.75) is 5.75 Å². The fraction of sp³-hybridized carbons (Fsp3) is 0.235. The Balaban J connectivity index is 1.71. The second-order valence-corrected chi connectivity index (χ2v) is 7.85. The van der Waals surface area contributed by atoms with Gasteiger partial charge >= 0.3 is 5.97 Å². The standard InChI is InChI=1S/C17H17ClN2O4S2/c1-19-17(23)11-3-2-4-12(7-11)20-15(21)8-24-16(22)10-25-9-13-5-6-14(18)26-13/h2-7H,8-10H2,1H3,(H,19,23)(H,20,21). The van der Waals surface area contributed by atoms with E-state index < -0.39 is 11.9 Å². The fourth-order valence-corrected chi connectivity index (χ4v) is 3.95. The van der Waals surface area contributed by atoms with Crippen molar-refractivity contribution in [2.24, 2.45) is 0 Å². The number of ether oxygens (including phenoxy) is 1. The van der Waals surface area contributed by atoms with Gasteiger partial charge in [0.15, 0.2) is 6.61 Å². The molecule has 2 aromatic rings. The molecule has 0 fully saturated rings. The number of esters is 1. The third-order valence-corrected chi connectivity index (χ3v) is 5.46. The number of hydrogen-bond donors (Lipinski definition) is 2. The molecule has 0 aliphatic rings. The van der Waals surface area contributed by atoms with Crippen LogP contribution in [0.4, 0.5) is 5.69 Å². The monoisotopic (exact) mass is 412 g/mol. The van der Waals surface area contributed by atoms with Gasteiger partial charge in [0.2, 0.25) is 0 Å². The summed E-state index contributed by atoms with van der Waals surface area (Å²) in [6, 6.07) is 10.2. The number of thiophene rings is 1. The van der Waals surface area contributed by atoms with Crippen LogP contribution in [0.15, 0.2) is 36.4 Å². The first-order chi connectivity index (χ1) is 12.5. The molecule has 0 aliphatic heterocycles. The van der Waals surface area contributed by atoms with Crippen LogP contribution >= 0.6 is 34.7 Å². The van der Waals surface area contributed by atoms with Crippen LogP contribution in [0.2, 0.25) is 4.34 Å². The average molecular weight is 413 g/mol. The molecule has 26 heavy (non-hydrogen) atoms. The van der Waals surface area contributed by atoms with Gasteiger partial charge < -0.3 is 15.4 Å². The Morgan fingerprint density at radius 1 is 1.23 bits per heavy atom. The van der Waals surface area contributed by atoms with Crippen LogP contribution in [0.5, 0.6) is 0 Å². The van der Waals surface area contributed by atoms with Gasteiger partial charge in [-0.15, -0.1) is 23.1 Å². The molecule has 0 unspecified atom stereocenters. The topological polar surface area (TPSA) is 84.5 Å². The van der Waals surface area contributed by atoms with Gasteiger partial charge in [-0.2, -0.15) is 0 Å². The van der Waals surface area contributed by atoms with Crippen molar-refractivity contribution in [3.8, 4) is 0 Å². The lowest BCUT2D eigenvalue weighted by Crippen LogP contribution is -2.22. The maximum atomic E-state index is 11.9. The van der Waals surface area contributed by atoms with Crippen LogP contribution < -0.4 is 10.6 Å². The molecule has 0 radical (unpaired) electrons. The van der Waals surface area contributed by atoms with Crippen LogP contribution in [-0.2, 0) is 20.1 Å². The number of anilines is 1. The molecule has 0 atom stereocenters.